The Kier molecular flexibility index (Phi) is 7.44. The second kappa shape index (κ2) is 9.22. The van der Waals surface area contributed by atoms with Gasteiger partial charge in [0.1, 0.15) is 17.7 Å². The van der Waals surface area contributed by atoms with E-state index in [0.717, 1.165) is 25.2 Å². The van der Waals surface area contributed by atoms with Crippen molar-refractivity contribution < 1.29 is 0 Å². The van der Waals surface area contributed by atoms with Crippen LogP contribution in [0.2, 0.25) is 0 Å². The van der Waals surface area contributed by atoms with E-state index >= 15 is 0 Å². The fourth-order valence-electron chi connectivity index (χ4n) is 2.31. The number of rotatable bonds is 6. The summed E-state index contributed by atoms with van der Waals surface area (Å²) in [5.74, 6) is 0. The van der Waals surface area contributed by atoms with Gasteiger partial charge >= 0.3 is 0 Å². The van der Waals surface area contributed by atoms with Crippen LogP contribution >= 0.6 is 0 Å². The largest absolute Gasteiger partial charge is 0.372 e. The van der Waals surface area contributed by atoms with Crippen molar-refractivity contribution in [1.29, 1.82) is 10.5 Å². The summed E-state index contributed by atoms with van der Waals surface area (Å²) in [6, 6.07) is 3.91. The number of nitrogens with zero attached hydrogens (tertiary/aromatic N) is 3. The molecule has 0 aromatic carbocycles. The normalized spacial score (nSPS) is 15.5. The van der Waals surface area contributed by atoms with Crippen molar-refractivity contribution in [3.63, 3.8) is 0 Å². The summed E-state index contributed by atoms with van der Waals surface area (Å²) < 4.78 is 0. The van der Waals surface area contributed by atoms with Crippen molar-refractivity contribution in [2.45, 2.75) is 51.9 Å². The molecule has 0 radical (unpaired) electrons. The number of unbranched alkanes of at least 4 members (excludes halogenated alkanes) is 3. The molecular formula is C16H23N3. The first-order valence-electron chi connectivity index (χ1n) is 7.28. The minimum absolute atomic E-state index is 0.201. The van der Waals surface area contributed by atoms with E-state index in [9.17, 15) is 0 Å². The molecule has 0 aliphatic carbocycles. The van der Waals surface area contributed by atoms with E-state index in [4.69, 9.17) is 10.5 Å². The Morgan fingerprint density at radius 3 is 2.37 bits per heavy atom. The third-order valence-electron chi connectivity index (χ3n) is 3.42. The molecule has 0 bridgehead atoms. The average molecular weight is 257 g/mol. The fourth-order valence-corrected chi connectivity index (χ4v) is 2.31. The maximum atomic E-state index is 8.90. The first-order valence-corrected chi connectivity index (χ1v) is 7.28. The van der Waals surface area contributed by atoms with Crippen LogP contribution in [0.1, 0.15) is 51.9 Å². The number of allylic oxidation sites excluding steroid dienone is 3. The lowest BCUT2D eigenvalue weighted by atomic mass is 10.1. The van der Waals surface area contributed by atoms with E-state index in [1.54, 1.807) is 6.08 Å². The highest BCUT2D eigenvalue weighted by atomic mass is 15.1. The molecule has 19 heavy (non-hydrogen) atoms. The van der Waals surface area contributed by atoms with Gasteiger partial charge in [0.15, 0.2) is 0 Å². The van der Waals surface area contributed by atoms with E-state index in [1.165, 1.54) is 38.5 Å². The Hall–Kier alpha value is -1.74. The number of piperidine rings is 1. The maximum absolute atomic E-state index is 8.90. The molecule has 1 aliphatic rings. The van der Waals surface area contributed by atoms with Gasteiger partial charge in [0.2, 0.25) is 0 Å². The highest BCUT2D eigenvalue weighted by Gasteiger charge is 2.12. The predicted molar refractivity (Wildman–Crippen MR) is 77.0 cm³/mol. The second-order valence-electron chi connectivity index (χ2n) is 4.95. The first-order chi connectivity index (χ1) is 9.31. The Labute approximate surface area is 116 Å². The van der Waals surface area contributed by atoms with Crippen molar-refractivity contribution in [1.82, 2.24) is 4.90 Å². The van der Waals surface area contributed by atoms with Gasteiger partial charge < -0.3 is 4.90 Å². The molecule has 1 aliphatic heterocycles. The molecule has 0 spiro atoms. The molecule has 1 saturated heterocycles. The third kappa shape index (κ3) is 5.62. The molecule has 1 fully saturated rings. The van der Waals surface area contributed by atoms with Gasteiger partial charge in [-0.2, -0.15) is 10.5 Å². The Bertz CT molecular complexity index is 385. The van der Waals surface area contributed by atoms with Gasteiger partial charge in [0.25, 0.3) is 0 Å². The van der Waals surface area contributed by atoms with Gasteiger partial charge in [-0.3, -0.25) is 0 Å². The Morgan fingerprint density at radius 1 is 1.11 bits per heavy atom. The van der Waals surface area contributed by atoms with Gasteiger partial charge in [0, 0.05) is 18.8 Å². The second-order valence-corrected chi connectivity index (χ2v) is 4.95. The molecule has 102 valence electrons. The lowest BCUT2D eigenvalue weighted by Crippen LogP contribution is -2.28. The highest BCUT2D eigenvalue weighted by molar-refractivity contribution is 5.41. The summed E-state index contributed by atoms with van der Waals surface area (Å²) in [4.78, 5) is 2.31. The summed E-state index contributed by atoms with van der Waals surface area (Å²) in [6.07, 6.45) is 12.3. The summed E-state index contributed by atoms with van der Waals surface area (Å²) in [6.45, 7) is 4.28. The highest BCUT2D eigenvalue weighted by Crippen LogP contribution is 2.18. The first kappa shape index (κ1) is 15.3. The van der Waals surface area contributed by atoms with Crippen molar-refractivity contribution in [2.75, 3.05) is 13.1 Å². The maximum Gasteiger partial charge on any atom is 0.131 e. The van der Waals surface area contributed by atoms with Gasteiger partial charge in [-0.15, -0.1) is 0 Å². The van der Waals surface area contributed by atoms with E-state index in [-0.39, 0.29) is 5.57 Å². The molecule has 0 atom stereocenters. The quantitative estimate of drug-likeness (QED) is 0.412. The summed E-state index contributed by atoms with van der Waals surface area (Å²) in [5.41, 5.74) is 1.27. The Morgan fingerprint density at radius 2 is 1.79 bits per heavy atom. The van der Waals surface area contributed by atoms with Crippen LogP contribution < -0.4 is 0 Å². The number of nitriles is 2. The van der Waals surface area contributed by atoms with E-state index in [2.05, 4.69) is 17.9 Å². The lowest BCUT2D eigenvalue weighted by Gasteiger charge is -2.29. The van der Waals surface area contributed by atoms with Crippen molar-refractivity contribution >= 4 is 0 Å². The number of hydrogen-bond acceptors (Lipinski definition) is 3. The van der Waals surface area contributed by atoms with Crippen LogP contribution in [-0.4, -0.2) is 18.0 Å². The van der Waals surface area contributed by atoms with Crippen molar-refractivity contribution in [3.8, 4) is 12.1 Å². The van der Waals surface area contributed by atoms with Crippen LogP contribution in [0.25, 0.3) is 0 Å². The fraction of sp³-hybridized carbons (Fsp3) is 0.625. The molecule has 0 aromatic heterocycles. The van der Waals surface area contributed by atoms with Crippen LogP contribution in [0.15, 0.2) is 23.4 Å². The zero-order valence-corrected chi connectivity index (χ0v) is 11.9. The zero-order valence-electron chi connectivity index (χ0n) is 11.9. The van der Waals surface area contributed by atoms with E-state index in [1.807, 2.05) is 12.1 Å². The molecule has 3 nitrogen and oxygen atoms in total. The Balaban J connectivity index is 2.75. The third-order valence-corrected chi connectivity index (χ3v) is 3.42. The van der Waals surface area contributed by atoms with Gasteiger partial charge in [-0.05, 0) is 38.2 Å². The minimum atomic E-state index is 0.201. The predicted octanol–water partition coefficient (Wildman–Crippen LogP) is 3.91. The summed E-state index contributed by atoms with van der Waals surface area (Å²) in [5, 5.41) is 17.8. The van der Waals surface area contributed by atoms with Crippen LogP contribution in [-0.2, 0) is 0 Å². The molecular weight excluding hydrogens is 234 g/mol. The zero-order chi connectivity index (χ0) is 13.9. The number of likely N-dealkylation sites (tertiary alicyclic amines) is 1. The van der Waals surface area contributed by atoms with Crippen molar-refractivity contribution in [2.24, 2.45) is 0 Å². The standard InChI is InChI=1S/C16H23N3/c1-2-3-4-6-9-16(12-15(13-17)14-18)19-10-7-5-8-11-19/h9,12H,2-8,10-11H2,1H3. The summed E-state index contributed by atoms with van der Waals surface area (Å²) >= 11 is 0. The summed E-state index contributed by atoms with van der Waals surface area (Å²) in [7, 11) is 0. The molecule has 1 heterocycles. The molecule has 0 N–H and O–H groups in total. The molecule has 0 aromatic rings. The molecule has 1 rings (SSSR count). The SMILES string of the molecule is CCCCCC=C(C=C(C#N)C#N)N1CCCCC1. The van der Waals surface area contributed by atoms with Crippen LogP contribution in [0.3, 0.4) is 0 Å². The molecule has 0 unspecified atom stereocenters. The molecule has 0 saturated carbocycles. The lowest BCUT2D eigenvalue weighted by molar-refractivity contribution is 0.292. The van der Waals surface area contributed by atoms with Gasteiger partial charge in [-0.1, -0.05) is 25.8 Å². The van der Waals surface area contributed by atoms with Crippen LogP contribution in [0.4, 0.5) is 0 Å². The van der Waals surface area contributed by atoms with Crippen LogP contribution in [0.5, 0.6) is 0 Å². The van der Waals surface area contributed by atoms with Crippen LogP contribution in [0, 0.1) is 22.7 Å². The van der Waals surface area contributed by atoms with E-state index < -0.39 is 0 Å². The van der Waals surface area contributed by atoms with Crippen molar-refractivity contribution in [3.05, 3.63) is 23.4 Å². The number of hydrogen-bond donors (Lipinski definition) is 0. The minimum Gasteiger partial charge on any atom is -0.372 e. The van der Waals surface area contributed by atoms with Gasteiger partial charge in [0.05, 0.1) is 0 Å². The topological polar surface area (TPSA) is 50.8 Å². The average Bonchev–Trinajstić information content (AvgIpc) is 2.47. The smallest absolute Gasteiger partial charge is 0.131 e. The van der Waals surface area contributed by atoms with Gasteiger partial charge in [-0.25, -0.2) is 0 Å². The monoisotopic (exact) mass is 257 g/mol. The molecule has 0 amide bonds. The molecule has 3 heteroatoms. The van der Waals surface area contributed by atoms with E-state index in [0.29, 0.717) is 0 Å².